The second-order valence-corrected chi connectivity index (χ2v) is 6.06. The lowest BCUT2D eigenvalue weighted by Gasteiger charge is -2.12. The molecular formula is C10H9Cl2NO6S. The van der Waals surface area contributed by atoms with Crippen LogP contribution in [-0.4, -0.2) is 38.3 Å². The van der Waals surface area contributed by atoms with Crippen molar-refractivity contribution < 1.29 is 27.9 Å². The van der Waals surface area contributed by atoms with Crippen molar-refractivity contribution in [1.29, 1.82) is 0 Å². The minimum Gasteiger partial charge on any atom is -0.478 e. The lowest BCUT2D eigenvalue weighted by molar-refractivity contribution is -0.137. The molecule has 1 aromatic carbocycles. The smallest absolute Gasteiger partial charge is 0.339 e. The molecule has 10 heteroatoms. The van der Waals surface area contributed by atoms with Gasteiger partial charge in [0.25, 0.3) is 0 Å². The van der Waals surface area contributed by atoms with Gasteiger partial charge in [0.05, 0.1) is 22.8 Å². The molecule has 0 aliphatic rings. The molecule has 1 rings (SSSR count). The average Bonchev–Trinajstić information content (AvgIpc) is 2.32. The van der Waals surface area contributed by atoms with Gasteiger partial charge in [-0.05, 0) is 12.1 Å². The fourth-order valence-corrected chi connectivity index (χ4v) is 2.79. The van der Waals surface area contributed by atoms with Gasteiger partial charge in [0.1, 0.15) is 5.56 Å². The van der Waals surface area contributed by atoms with E-state index in [2.05, 4.69) is 4.74 Å². The number of carboxylic acid groups (broad SMARTS) is 1. The maximum absolute atomic E-state index is 11.7. The van der Waals surface area contributed by atoms with Gasteiger partial charge < -0.3 is 9.84 Å². The topological polar surface area (TPSA) is 110 Å². The van der Waals surface area contributed by atoms with E-state index in [-0.39, 0.29) is 10.0 Å². The SMILES string of the molecule is COC(=O)CS(=O)(=O)Nc1c(Cl)ccc(Cl)c1C(=O)O. The second kappa shape index (κ2) is 6.29. The number of nitrogens with one attached hydrogen (secondary N) is 1. The fraction of sp³-hybridized carbons (Fsp3) is 0.200. The normalized spacial score (nSPS) is 10.9. The van der Waals surface area contributed by atoms with E-state index in [9.17, 15) is 18.0 Å². The molecule has 20 heavy (non-hydrogen) atoms. The zero-order valence-corrected chi connectivity index (χ0v) is 12.3. The fourth-order valence-electron chi connectivity index (χ4n) is 1.27. The minimum atomic E-state index is -4.17. The van der Waals surface area contributed by atoms with Crippen LogP contribution < -0.4 is 4.72 Å². The number of aromatic carboxylic acids is 1. The molecule has 0 bridgehead atoms. The summed E-state index contributed by atoms with van der Waals surface area (Å²) in [4.78, 5) is 22.1. The molecule has 0 saturated heterocycles. The number of ether oxygens (including phenoxy) is 1. The molecule has 0 saturated carbocycles. The quantitative estimate of drug-likeness (QED) is 0.787. The molecule has 7 nitrogen and oxygen atoms in total. The van der Waals surface area contributed by atoms with Crippen molar-refractivity contribution >= 4 is 50.9 Å². The molecule has 1 aromatic rings. The van der Waals surface area contributed by atoms with Crippen LogP contribution in [0.3, 0.4) is 0 Å². The Bertz CT molecular complexity index is 658. The van der Waals surface area contributed by atoms with E-state index < -0.39 is 39.0 Å². The number of carbonyl (C=O) groups is 2. The molecular weight excluding hydrogens is 333 g/mol. The number of sulfonamides is 1. The molecule has 0 spiro atoms. The van der Waals surface area contributed by atoms with Crippen molar-refractivity contribution in [3.8, 4) is 0 Å². The van der Waals surface area contributed by atoms with Gasteiger partial charge in [-0.25, -0.2) is 13.2 Å². The Morgan fingerprint density at radius 3 is 2.35 bits per heavy atom. The number of esters is 1. The zero-order valence-electron chi connectivity index (χ0n) is 10.0. The maximum atomic E-state index is 11.7. The van der Waals surface area contributed by atoms with Crippen LogP contribution in [0.25, 0.3) is 0 Å². The highest BCUT2D eigenvalue weighted by Gasteiger charge is 2.24. The third kappa shape index (κ3) is 3.99. The van der Waals surface area contributed by atoms with Crippen LogP contribution in [0.2, 0.25) is 10.0 Å². The molecule has 0 radical (unpaired) electrons. The van der Waals surface area contributed by atoms with Crippen LogP contribution in [0.5, 0.6) is 0 Å². The number of rotatable bonds is 5. The van der Waals surface area contributed by atoms with Gasteiger partial charge in [0, 0.05) is 0 Å². The predicted octanol–water partition coefficient (Wildman–Crippen LogP) is 1.61. The summed E-state index contributed by atoms with van der Waals surface area (Å²) in [5, 5.41) is 8.66. The van der Waals surface area contributed by atoms with E-state index in [4.69, 9.17) is 28.3 Å². The summed E-state index contributed by atoms with van der Waals surface area (Å²) in [6.07, 6.45) is 0. The van der Waals surface area contributed by atoms with E-state index in [0.717, 1.165) is 7.11 Å². The Morgan fingerprint density at radius 2 is 1.85 bits per heavy atom. The van der Waals surface area contributed by atoms with Gasteiger partial charge >= 0.3 is 11.9 Å². The third-order valence-corrected chi connectivity index (χ3v) is 3.87. The average molecular weight is 342 g/mol. The Hall–Kier alpha value is -1.51. The van der Waals surface area contributed by atoms with Crippen molar-refractivity contribution in [2.45, 2.75) is 0 Å². The van der Waals surface area contributed by atoms with Gasteiger partial charge in [-0.2, -0.15) is 0 Å². The van der Waals surface area contributed by atoms with E-state index in [1.807, 2.05) is 4.72 Å². The predicted molar refractivity (Wildman–Crippen MR) is 72.8 cm³/mol. The standard InChI is InChI=1S/C10H9Cl2NO6S/c1-19-7(14)4-20(17,18)13-9-6(12)3-2-5(11)8(9)10(15)16/h2-3,13H,4H2,1H3,(H,15,16). The molecule has 0 fully saturated rings. The zero-order chi connectivity index (χ0) is 15.5. The number of methoxy groups -OCH3 is 1. The molecule has 0 unspecified atom stereocenters. The maximum Gasteiger partial charge on any atom is 0.339 e. The first-order valence-corrected chi connectivity index (χ1v) is 7.37. The van der Waals surface area contributed by atoms with Crippen LogP contribution in [0, 0.1) is 0 Å². The van der Waals surface area contributed by atoms with Crippen LogP contribution in [-0.2, 0) is 19.6 Å². The molecule has 0 aromatic heterocycles. The first kappa shape index (κ1) is 16.5. The lowest BCUT2D eigenvalue weighted by atomic mass is 10.2. The summed E-state index contributed by atoms with van der Waals surface area (Å²) in [7, 11) is -3.15. The first-order chi connectivity index (χ1) is 9.18. The van der Waals surface area contributed by atoms with E-state index in [0.29, 0.717) is 0 Å². The van der Waals surface area contributed by atoms with Crippen molar-refractivity contribution in [2.24, 2.45) is 0 Å². The Labute approximate surface area is 124 Å². The van der Waals surface area contributed by atoms with Gasteiger partial charge in [0.2, 0.25) is 10.0 Å². The van der Waals surface area contributed by atoms with Crippen molar-refractivity contribution in [3.05, 3.63) is 27.7 Å². The Balaban J connectivity index is 3.25. The summed E-state index contributed by atoms with van der Waals surface area (Å²) in [6, 6.07) is 2.44. The van der Waals surface area contributed by atoms with E-state index >= 15 is 0 Å². The largest absolute Gasteiger partial charge is 0.478 e. The van der Waals surface area contributed by atoms with Crippen LogP contribution in [0.1, 0.15) is 10.4 Å². The molecule has 110 valence electrons. The molecule has 0 amide bonds. The molecule has 0 atom stereocenters. The molecule has 0 aliphatic carbocycles. The van der Waals surface area contributed by atoms with Crippen LogP contribution >= 0.6 is 23.2 Å². The van der Waals surface area contributed by atoms with Gasteiger partial charge in [-0.1, -0.05) is 23.2 Å². The van der Waals surface area contributed by atoms with Crippen LogP contribution in [0.4, 0.5) is 5.69 Å². The summed E-state index contributed by atoms with van der Waals surface area (Å²) < 4.78 is 29.5. The van der Waals surface area contributed by atoms with E-state index in [1.54, 1.807) is 0 Å². The molecule has 0 heterocycles. The highest BCUT2D eigenvalue weighted by atomic mass is 35.5. The lowest BCUT2D eigenvalue weighted by Crippen LogP contribution is -2.24. The Morgan fingerprint density at radius 1 is 1.30 bits per heavy atom. The Kier molecular flexibility index (Phi) is 5.21. The van der Waals surface area contributed by atoms with Crippen LogP contribution in [0.15, 0.2) is 12.1 Å². The number of halogens is 2. The summed E-state index contributed by atoms with van der Waals surface area (Å²) >= 11 is 11.4. The molecule has 0 aliphatic heterocycles. The van der Waals surface area contributed by atoms with Crippen molar-refractivity contribution in [2.75, 3.05) is 17.6 Å². The van der Waals surface area contributed by atoms with Gasteiger partial charge in [0.15, 0.2) is 5.75 Å². The summed E-state index contributed by atoms with van der Waals surface area (Å²) in [6.45, 7) is 0. The minimum absolute atomic E-state index is 0.166. The first-order valence-electron chi connectivity index (χ1n) is 4.96. The van der Waals surface area contributed by atoms with Crippen molar-refractivity contribution in [1.82, 2.24) is 0 Å². The summed E-state index contributed by atoms with van der Waals surface area (Å²) in [5.41, 5.74) is -0.914. The van der Waals surface area contributed by atoms with Gasteiger partial charge in [-0.15, -0.1) is 0 Å². The van der Waals surface area contributed by atoms with Crippen molar-refractivity contribution in [3.63, 3.8) is 0 Å². The molecule has 2 N–H and O–H groups in total. The number of carbonyl (C=O) groups excluding carboxylic acids is 1. The highest BCUT2D eigenvalue weighted by molar-refractivity contribution is 7.93. The number of anilines is 1. The second-order valence-electron chi connectivity index (χ2n) is 3.52. The van der Waals surface area contributed by atoms with Gasteiger partial charge in [-0.3, -0.25) is 9.52 Å². The highest BCUT2D eigenvalue weighted by Crippen LogP contribution is 2.32. The number of hydrogen-bond acceptors (Lipinski definition) is 5. The van der Waals surface area contributed by atoms with E-state index in [1.165, 1.54) is 12.1 Å². The number of hydrogen-bond donors (Lipinski definition) is 2. The number of carboxylic acids is 1. The third-order valence-electron chi connectivity index (χ3n) is 2.11. The summed E-state index contributed by atoms with van der Waals surface area (Å²) in [5.74, 6) is -3.45. The monoisotopic (exact) mass is 341 g/mol. The number of benzene rings is 1.